The minimum absolute atomic E-state index is 0.418. The van der Waals surface area contributed by atoms with Crippen LogP contribution in [0.2, 0.25) is 0 Å². The maximum atomic E-state index is 9.68. The minimum Gasteiger partial charge on any atom is -0.389 e. The maximum Gasteiger partial charge on any atom is 0.0990 e. The highest BCUT2D eigenvalue weighted by Gasteiger charge is 2.29. The molecule has 3 atom stereocenters. The molecule has 2 rings (SSSR count). The molecule has 1 aromatic carbocycles. The Morgan fingerprint density at radius 3 is 2.18 bits per heavy atom. The predicted octanol–water partition coefficient (Wildman–Crippen LogP) is 0.672. The van der Waals surface area contributed by atoms with Gasteiger partial charge >= 0.3 is 0 Å². The van der Waals surface area contributed by atoms with Gasteiger partial charge in [-0.25, -0.2) is 0 Å². The van der Waals surface area contributed by atoms with Crippen LogP contribution in [0.1, 0.15) is 25.0 Å². The van der Waals surface area contributed by atoms with Crippen molar-refractivity contribution >= 4 is 5.69 Å². The third kappa shape index (κ3) is 2.60. The van der Waals surface area contributed by atoms with E-state index in [4.69, 9.17) is 0 Å². The first-order valence-electron chi connectivity index (χ1n) is 6.01. The Morgan fingerprint density at radius 2 is 1.71 bits per heavy atom. The molecule has 0 saturated carbocycles. The standard InChI is InChI=1S/C13H19NO3/c1-2-11(15)9-3-5-10(6-4-9)14-7-12(16)13(17)8-14/h3-6,11-13,15-17H,2,7-8H2,1H3/t11-,12?,13?/m1/s1. The molecule has 3 N–H and O–H groups in total. The summed E-state index contributed by atoms with van der Waals surface area (Å²) < 4.78 is 0. The molecule has 4 heteroatoms. The van der Waals surface area contributed by atoms with E-state index in [0.717, 1.165) is 11.3 Å². The van der Waals surface area contributed by atoms with E-state index in [1.165, 1.54) is 0 Å². The van der Waals surface area contributed by atoms with Gasteiger partial charge in [-0.05, 0) is 24.1 Å². The van der Waals surface area contributed by atoms with Crippen LogP contribution in [-0.2, 0) is 0 Å². The van der Waals surface area contributed by atoms with Crippen molar-refractivity contribution in [2.24, 2.45) is 0 Å². The molecule has 0 aliphatic carbocycles. The summed E-state index contributed by atoms with van der Waals surface area (Å²) in [5.41, 5.74) is 1.86. The van der Waals surface area contributed by atoms with Gasteiger partial charge in [0.2, 0.25) is 0 Å². The minimum atomic E-state index is -0.670. The normalized spacial score (nSPS) is 26.2. The summed E-state index contributed by atoms with van der Waals surface area (Å²) in [7, 11) is 0. The second-order valence-corrected chi connectivity index (χ2v) is 4.56. The summed E-state index contributed by atoms with van der Waals surface area (Å²) in [5.74, 6) is 0. The molecule has 2 unspecified atom stereocenters. The van der Waals surface area contributed by atoms with Crippen molar-refractivity contribution in [3.63, 3.8) is 0 Å². The average molecular weight is 237 g/mol. The second kappa shape index (κ2) is 5.04. The third-order valence-corrected chi connectivity index (χ3v) is 3.29. The summed E-state index contributed by atoms with van der Waals surface area (Å²) in [6.45, 7) is 2.85. The zero-order chi connectivity index (χ0) is 12.4. The van der Waals surface area contributed by atoms with E-state index in [2.05, 4.69) is 0 Å². The number of hydrogen-bond donors (Lipinski definition) is 3. The second-order valence-electron chi connectivity index (χ2n) is 4.56. The van der Waals surface area contributed by atoms with Gasteiger partial charge in [-0.1, -0.05) is 19.1 Å². The van der Waals surface area contributed by atoms with Gasteiger partial charge in [-0.2, -0.15) is 0 Å². The first kappa shape index (κ1) is 12.4. The first-order chi connectivity index (χ1) is 8.11. The van der Waals surface area contributed by atoms with Gasteiger partial charge in [0.05, 0.1) is 18.3 Å². The van der Waals surface area contributed by atoms with Gasteiger partial charge in [0.25, 0.3) is 0 Å². The average Bonchev–Trinajstić information content (AvgIpc) is 2.69. The molecule has 94 valence electrons. The smallest absolute Gasteiger partial charge is 0.0990 e. The summed E-state index contributed by atoms with van der Waals surface area (Å²) in [6, 6.07) is 7.61. The molecule has 0 spiro atoms. The molecule has 0 amide bonds. The number of anilines is 1. The molecular formula is C13H19NO3. The fourth-order valence-corrected chi connectivity index (χ4v) is 2.12. The van der Waals surface area contributed by atoms with Crippen LogP contribution < -0.4 is 4.90 Å². The number of aliphatic hydroxyl groups is 3. The van der Waals surface area contributed by atoms with Crippen LogP contribution in [0.25, 0.3) is 0 Å². The maximum absolute atomic E-state index is 9.68. The van der Waals surface area contributed by atoms with Crippen LogP contribution in [-0.4, -0.2) is 40.6 Å². The van der Waals surface area contributed by atoms with Crippen LogP contribution in [0.4, 0.5) is 5.69 Å². The van der Waals surface area contributed by atoms with Gasteiger partial charge < -0.3 is 20.2 Å². The molecule has 0 bridgehead atoms. The van der Waals surface area contributed by atoms with E-state index >= 15 is 0 Å². The third-order valence-electron chi connectivity index (χ3n) is 3.29. The Hall–Kier alpha value is -1.10. The van der Waals surface area contributed by atoms with Gasteiger partial charge in [-0.3, -0.25) is 0 Å². The van der Waals surface area contributed by atoms with Gasteiger partial charge in [-0.15, -0.1) is 0 Å². The number of benzene rings is 1. The van der Waals surface area contributed by atoms with E-state index in [9.17, 15) is 15.3 Å². The van der Waals surface area contributed by atoms with Crippen molar-refractivity contribution in [1.82, 2.24) is 0 Å². The number of nitrogens with zero attached hydrogens (tertiary/aromatic N) is 1. The van der Waals surface area contributed by atoms with Crippen molar-refractivity contribution in [1.29, 1.82) is 0 Å². The van der Waals surface area contributed by atoms with Crippen LogP contribution in [0.3, 0.4) is 0 Å². The summed E-state index contributed by atoms with van der Waals surface area (Å²) in [6.07, 6.45) is -1.06. The monoisotopic (exact) mass is 237 g/mol. The van der Waals surface area contributed by atoms with E-state index in [0.29, 0.717) is 19.5 Å². The molecule has 0 aromatic heterocycles. The molecule has 1 aromatic rings. The summed E-state index contributed by atoms with van der Waals surface area (Å²) in [5, 5.41) is 28.6. The topological polar surface area (TPSA) is 63.9 Å². The lowest BCUT2D eigenvalue weighted by atomic mass is 10.1. The van der Waals surface area contributed by atoms with E-state index in [1.54, 1.807) is 0 Å². The molecule has 4 nitrogen and oxygen atoms in total. The lowest BCUT2D eigenvalue weighted by Gasteiger charge is -2.18. The lowest BCUT2D eigenvalue weighted by molar-refractivity contribution is 0.0572. The molecular weight excluding hydrogens is 218 g/mol. The zero-order valence-electron chi connectivity index (χ0n) is 9.95. The molecule has 1 aliphatic rings. The molecule has 17 heavy (non-hydrogen) atoms. The van der Waals surface area contributed by atoms with Crippen molar-refractivity contribution in [2.75, 3.05) is 18.0 Å². The Kier molecular flexibility index (Phi) is 3.66. The van der Waals surface area contributed by atoms with Gasteiger partial charge in [0, 0.05) is 18.8 Å². The molecule has 1 aliphatic heterocycles. The Labute approximate surface area is 101 Å². The summed E-state index contributed by atoms with van der Waals surface area (Å²) >= 11 is 0. The van der Waals surface area contributed by atoms with Crippen molar-refractivity contribution in [3.05, 3.63) is 29.8 Å². The van der Waals surface area contributed by atoms with Crippen LogP contribution >= 0.6 is 0 Å². The zero-order valence-corrected chi connectivity index (χ0v) is 9.95. The van der Waals surface area contributed by atoms with E-state index < -0.39 is 18.3 Å². The van der Waals surface area contributed by atoms with E-state index in [1.807, 2.05) is 36.1 Å². The fourth-order valence-electron chi connectivity index (χ4n) is 2.12. The number of aliphatic hydroxyl groups excluding tert-OH is 3. The van der Waals surface area contributed by atoms with Gasteiger partial charge in [0.1, 0.15) is 0 Å². The number of hydrogen-bond acceptors (Lipinski definition) is 4. The van der Waals surface area contributed by atoms with Crippen molar-refractivity contribution in [2.45, 2.75) is 31.7 Å². The Morgan fingerprint density at radius 1 is 1.18 bits per heavy atom. The molecule has 1 heterocycles. The highest BCUT2D eigenvalue weighted by atomic mass is 16.3. The van der Waals surface area contributed by atoms with Crippen molar-refractivity contribution in [3.8, 4) is 0 Å². The molecule has 1 fully saturated rings. The van der Waals surface area contributed by atoms with Crippen molar-refractivity contribution < 1.29 is 15.3 Å². The van der Waals surface area contributed by atoms with Gasteiger partial charge in [0.15, 0.2) is 0 Å². The lowest BCUT2D eigenvalue weighted by Crippen LogP contribution is -2.22. The highest BCUT2D eigenvalue weighted by molar-refractivity contribution is 5.49. The number of rotatable bonds is 3. The highest BCUT2D eigenvalue weighted by Crippen LogP contribution is 2.24. The van der Waals surface area contributed by atoms with E-state index in [-0.39, 0.29) is 0 Å². The van der Waals surface area contributed by atoms with Crippen LogP contribution in [0.15, 0.2) is 24.3 Å². The largest absolute Gasteiger partial charge is 0.389 e. The SMILES string of the molecule is CC[C@@H](O)c1ccc(N2CC(O)C(O)C2)cc1. The summed E-state index contributed by atoms with van der Waals surface area (Å²) in [4.78, 5) is 1.94. The molecule has 1 saturated heterocycles. The first-order valence-corrected chi connectivity index (χ1v) is 6.01. The predicted molar refractivity (Wildman–Crippen MR) is 65.9 cm³/mol. The Balaban J connectivity index is 2.08. The van der Waals surface area contributed by atoms with Crippen LogP contribution in [0, 0.1) is 0 Å². The number of β-amino-alcohol motifs (C(OH)–C–C–N with tert-alkyl or cyclic N) is 2. The van der Waals surface area contributed by atoms with Crippen LogP contribution in [0.5, 0.6) is 0 Å². The quantitative estimate of drug-likeness (QED) is 0.723. The molecule has 0 radical (unpaired) electrons. The fraction of sp³-hybridized carbons (Fsp3) is 0.538. The Bertz CT molecular complexity index is 355.